The maximum absolute atomic E-state index is 6.34. The van der Waals surface area contributed by atoms with Crippen molar-refractivity contribution in [3.63, 3.8) is 0 Å². The molecule has 0 spiro atoms. The highest BCUT2D eigenvalue weighted by molar-refractivity contribution is 5.52. The van der Waals surface area contributed by atoms with Gasteiger partial charge in [-0.3, -0.25) is 4.68 Å². The van der Waals surface area contributed by atoms with Crippen LogP contribution in [0.3, 0.4) is 0 Å². The summed E-state index contributed by atoms with van der Waals surface area (Å²) in [4.78, 5) is 0. The second-order valence-electron chi connectivity index (χ2n) is 7.17. The van der Waals surface area contributed by atoms with Crippen LogP contribution in [0.1, 0.15) is 49.9 Å². The van der Waals surface area contributed by atoms with E-state index in [1.807, 2.05) is 11.7 Å². The highest BCUT2D eigenvalue weighted by Crippen LogP contribution is 2.61. The minimum Gasteiger partial charge on any atom is -0.396 e. The topological polar surface area (TPSA) is 43.8 Å². The van der Waals surface area contributed by atoms with Crippen molar-refractivity contribution < 1.29 is 0 Å². The molecule has 4 bridgehead atoms. The van der Waals surface area contributed by atoms with E-state index in [1.165, 1.54) is 44.2 Å². The highest BCUT2D eigenvalue weighted by Gasteiger charge is 2.53. The zero-order valence-electron chi connectivity index (χ0n) is 11.4. The molecule has 4 saturated carbocycles. The third-order valence-corrected chi connectivity index (χ3v) is 5.92. The van der Waals surface area contributed by atoms with Crippen LogP contribution in [0.25, 0.3) is 0 Å². The van der Waals surface area contributed by atoms with Crippen molar-refractivity contribution in [2.24, 2.45) is 24.8 Å². The molecule has 0 atom stereocenters. The number of nitrogens with two attached hydrogens (primary N) is 1. The smallest absolute Gasteiger partial charge is 0.0918 e. The van der Waals surface area contributed by atoms with Gasteiger partial charge in [-0.15, -0.1) is 0 Å². The minimum absolute atomic E-state index is 0.338. The van der Waals surface area contributed by atoms with Crippen LogP contribution < -0.4 is 5.73 Å². The summed E-state index contributed by atoms with van der Waals surface area (Å²) in [6, 6.07) is 0. The van der Waals surface area contributed by atoms with Gasteiger partial charge < -0.3 is 5.73 Å². The fourth-order valence-electron chi connectivity index (χ4n) is 5.42. The standard InChI is InChI=1S/C15H23N3/c1-9-13(16)14(17-18(9)2)15-6-10-3-11(7-15)5-12(4-10)8-15/h10-12H,3-8,16H2,1-2H3. The van der Waals surface area contributed by atoms with Crippen molar-refractivity contribution in [1.82, 2.24) is 9.78 Å². The van der Waals surface area contributed by atoms with Crippen LogP contribution in [0, 0.1) is 24.7 Å². The van der Waals surface area contributed by atoms with Crippen LogP contribution in [0.15, 0.2) is 0 Å². The molecule has 0 aromatic carbocycles. The molecule has 1 heterocycles. The quantitative estimate of drug-likeness (QED) is 0.826. The highest BCUT2D eigenvalue weighted by atomic mass is 15.3. The van der Waals surface area contributed by atoms with Gasteiger partial charge in [0.2, 0.25) is 0 Å². The zero-order chi connectivity index (χ0) is 12.5. The van der Waals surface area contributed by atoms with Crippen molar-refractivity contribution in [3.8, 4) is 0 Å². The van der Waals surface area contributed by atoms with Crippen LogP contribution in [0.5, 0.6) is 0 Å². The molecule has 4 aliphatic rings. The predicted molar refractivity (Wildman–Crippen MR) is 72.2 cm³/mol. The molecule has 1 aromatic rings. The van der Waals surface area contributed by atoms with Crippen LogP contribution in [0.2, 0.25) is 0 Å². The summed E-state index contributed by atoms with van der Waals surface area (Å²) in [7, 11) is 2.02. The number of nitrogens with zero attached hydrogens (tertiary/aromatic N) is 2. The molecule has 0 unspecified atom stereocenters. The molecule has 0 aliphatic heterocycles. The Bertz CT molecular complexity index is 465. The van der Waals surface area contributed by atoms with E-state index in [9.17, 15) is 0 Å². The first-order valence-electron chi connectivity index (χ1n) is 7.37. The Hall–Kier alpha value is -0.990. The fraction of sp³-hybridized carbons (Fsp3) is 0.800. The van der Waals surface area contributed by atoms with Gasteiger partial charge in [-0.25, -0.2) is 0 Å². The van der Waals surface area contributed by atoms with E-state index in [-0.39, 0.29) is 0 Å². The first kappa shape index (κ1) is 10.9. The lowest BCUT2D eigenvalue weighted by Crippen LogP contribution is -2.49. The molecule has 0 saturated heterocycles. The lowest BCUT2D eigenvalue weighted by atomic mass is 9.48. The molecule has 3 heteroatoms. The van der Waals surface area contributed by atoms with Gasteiger partial charge in [0.05, 0.1) is 17.1 Å². The van der Waals surface area contributed by atoms with E-state index in [4.69, 9.17) is 10.8 Å². The number of hydrogen-bond acceptors (Lipinski definition) is 2. The molecule has 5 rings (SSSR count). The summed E-state index contributed by atoms with van der Waals surface area (Å²) in [5.41, 5.74) is 10.0. The van der Waals surface area contributed by atoms with E-state index >= 15 is 0 Å². The monoisotopic (exact) mass is 245 g/mol. The molecule has 98 valence electrons. The third-order valence-electron chi connectivity index (χ3n) is 5.92. The van der Waals surface area contributed by atoms with E-state index in [0.29, 0.717) is 5.41 Å². The molecule has 0 amide bonds. The van der Waals surface area contributed by atoms with Crippen molar-refractivity contribution >= 4 is 5.69 Å². The van der Waals surface area contributed by atoms with Crippen LogP contribution >= 0.6 is 0 Å². The van der Waals surface area contributed by atoms with E-state index in [2.05, 4.69) is 6.92 Å². The predicted octanol–water partition coefficient (Wildman–Crippen LogP) is 2.78. The lowest BCUT2D eigenvalue weighted by Gasteiger charge is -2.56. The average Bonchev–Trinajstić information content (AvgIpc) is 2.56. The van der Waals surface area contributed by atoms with Crippen LogP contribution in [-0.4, -0.2) is 9.78 Å². The Balaban J connectivity index is 1.81. The molecule has 4 fully saturated rings. The third kappa shape index (κ3) is 1.28. The number of hydrogen-bond donors (Lipinski definition) is 1. The fourth-order valence-corrected chi connectivity index (χ4v) is 5.42. The number of rotatable bonds is 1. The Kier molecular flexibility index (Phi) is 2.00. The maximum Gasteiger partial charge on any atom is 0.0918 e. The lowest BCUT2D eigenvalue weighted by molar-refractivity contribution is -0.00707. The largest absolute Gasteiger partial charge is 0.396 e. The van der Waals surface area contributed by atoms with Crippen molar-refractivity contribution in [3.05, 3.63) is 11.4 Å². The van der Waals surface area contributed by atoms with Gasteiger partial charge in [0, 0.05) is 12.5 Å². The van der Waals surface area contributed by atoms with E-state index in [1.54, 1.807) is 0 Å². The van der Waals surface area contributed by atoms with E-state index < -0.39 is 0 Å². The number of aryl methyl sites for hydroxylation is 1. The summed E-state index contributed by atoms with van der Waals surface area (Å²) in [5.74, 6) is 2.87. The van der Waals surface area contributed by atoms with Gasteiger partial charge in [-0.05, 0) is 63.2 Å². The Labute approximate surface area is 109 Å². The SMILES string of the molecule is Cc1c(N)c(C23CC4CC(CC(C4)C2)C3)nn1C. The van der Waals surface area contributed by atoms with Gasteiger partial charge in [0.1, 0.15) is 0 Å². The maximum atomic E-state index is 6.34. The summed E-state index contributed by atoms with van der Waals surface area (Å²) >= 11 is 0. The molecule has 3 nitrogen and oxygen atoms in total. The van der Waals surface area contributed by atoms with Crippen molar-refractivity contribution in [2.45, 2.75) is 50.9 Å². The van der Waals surface area contributed by atoms with Crippen molar-refractivity contribution in [2.75, 3.05) is 5.73 Å². The molecular formula is C15H23N3. The Morgan fingerprint density at radius 3 is 2.00 bits per heavy atom. The Morgan fingerprint density at radius 2 is 1.61 bits per heavy atom. The minimum atomic E-state index is 0.338. The van der Waals surface area contributed by atoms with Gasteiger partial charge in [0.25, 0.3) is 0 Å². The first-order valence-corrected chi connectivity index (χ1v) is 7.37. The van der Waals surface area contributed by atoms with Gasteiger partial charge in [-0.1, -0.05) is 0 Å². The van der Waals surface area contributed by atoms with E-state index in [0.717, 1.165) is 29.1 Å². The summed E-state index contributed by atoms with van der Waals surface area (Å²) in [6.45, 7) is 2.09. The molecular weight excluding hydrogens is 222 g/mol. The summed E-state index contributed by atoms with van der Waals surface area (Å²) < 4.78 is 1.98. The van der Waals surface area contributed by atoms with Gasteiger partial charge in [0.15, 0.2) is 0 Å². The zero-order valence-corrected chi connectivity index (χ0v) is 11.4. The van der Waals surface area contributed by atoms with Crippen molar-refractivity contribution in [1.29, 1.82) is 0 Å². The number of nitrogen functional groups attached to an aromatic ring is 1. The number of anilines is 1. The van der Waals surface area contributed by atoms with Gasteiger partial charge >= 0.3 is 0 Å². The first-order chi connectivity index (χ1) is 8.57. The summed E-state index contributed by atoms with van der Waals surface area (Å²) in [5, 5.41) is 4.79. The Morgan fingerprint density at radius 1 is 1.11 bits per heavy atom. The van der Waals surface area contributed by atoms with Crippen LogP contribution in [0.4, 0.5) is 5.69 Å². The normalized spacial score (nSPS) is 41.6. The van der Waals surface area contributed by atoms with Gasteiger partial charge in [-0.2, -0.15) is 5.10 Å². The van der Waals surface area contributed by atoms with Crippen LogP contribution in [-0.2, 0) is 12.5 Å². The molecule has 2 N–H and O–H groups in total. The molecule has 4 aliphatic carbocycles. The average molecular weight is 245 g/mol. The molecule has 0 radical (unpaired) electrons. The summed E-state index contributed by atoms with van der Waals surface area (Å²) in [6.07, 6.45) is 8.47. The molecule has 18 heavy (non-hydrogen) atoms. The molecule has 1 aromatic heterocycles. The number of aromatic nitrogens is 2. The second kappa shape index (κ2) is 3.31. The second-order valence-corrected chi connectivity index (χ2v) is 7.17.